The van der Waals surface area contributed by atoms with Crippen LogP contribution in [0.4, 0.5) is 27.8 Å². The zero-order valence-corrected chi connectivity index (χ0v) is 18.7. The Morgan fingerprint density at radius 3 is 2.54 bits per heavy atom. The quantitative estimate of drug-likeness (QED) is 0.379. The maximum Gasteiger partial charge on any atom is 0.416 e. The Labute approximate surface area is 197 Å². The number of hydrogen-bond acceptors (Lipinski definition) is 4. The van der Waals surface area contributed by atoms with Crippen molar-refractivity contribution < 1.29 is 27.1 Å². The number of aryl methyl sites for hydroxylation is 1. The Morgan fingerprint density at radius 1 is 1.03 bits per heavy atom. The number of nitrogens with zero attached hydrogens (tertiary/aromatic N) is 4. The average Bonchev–Trinajstić information content (AvgIpc) is 3.43. The van der Waals surface area contributed by atoms with Gasteiger partial charge in [0.2, 0.25) is 0 Å². The summed E-state index contributed by atoms with van der Waals surface area (Å²) in [6.07, 6.45) is -2.96. The lowest BCUT2D eigenvalue weighted by molar-refractivity contribution is -0.137. The zero-order valence-electron chi connectivity index (χ0n) is 18.7. The molecule has 2 aromatic carbocycles. The summed E-state index contributed by atoms with van der Waals surface area (Å²) in [7, 11) is 0. The lowest BCUT2D eigenvalue weighted by Crippen LogP contribution is -2.32. The molecule has 1 aliphatic heterocycles. The van der Waals surface area contributed by atoms with Gasteiger partial charge in [0, 0.05) is 23.7 Å². The summed E-state index contributed by atoms with van der Waals surface area (Å²) in [5, 5.41) is 14.3. The highest BCUT2D eigenvalue weighted by atomic mass is 19.4. The molecule has 10 heteroatoms. The SMILES string of the molecule is Cc1nn2c(-c3cccc(C(F)(F)F)c3)cc(N3CCCC3CO)nc2c1-c1ccc(F)c(F)c1. The molecule has 0 saturated carbocycles. The third-order valence-electron chi connectivity index (χ3n) is 6.33. The molecule has 0 bridgehead atoms. The Bertz CT molecular complexity index is 1420. The second-order valence-electron chi connectivity index (χ2n) is 8.57. The number of aliphatic hydroxyl groups is 1. The number of aliphatic hydroxyl groups excluding tert-OH is 1. The van der Waals surface area contributed by atoms with Crippen LogP contribution in [-0.2, 0) is 6.18 Å². The molecule has 5 nitrogen and oxygen atoms in total. The van der Waals surface area contributed by atoms with E-state index >= 15 is 0 Å². The van der Waals surface area contributed by atoms with Crippen LogP contribution in [0.1, 0.15) is 24.1 Å². The van der Waals surface area contributed by atoms with Gasteiger partial charge in [-0.15, -0.1) is 0 Å². The smallest absolute Gasteiger partial charge is 0.394 e. The predicted octanol–water partition coefficient (Wildman–Crippen LogP) is 5.63. The number of benzene rings is 2. The van der Waals surface area contributed by atoms with Gasteiger partial charge >= 0.3 is 6.18 Å². The average molecular weight is 488 g/mol. The number of hydrogen-bond donors (Lipinski definition) is 1. The predicted molar refractivity (Wildman–Crippen MR) is 121 cm³/mol. The van der Waals surface area contributed by atoms with E-state index < -0.39 is 23.4 Å². The fourth-order valence-corrected chi connectivity index (χ4v) is 4.63. The third-order valence-corrected chi connectivity index (χ3v) is 6.33. The van der Waals surface area contributed by atoms with Crippen molar-refractivity contribution >= 4 is 11.5 Å². The van der Waals surface area contributed by atoms with Gasteiger partial charge in [0.25, 0.3) is 0 Å². The summed E-state index contributed by atoms with van der Waals surface area (Å²) in [6.45, 7) is 2.19. The molecule has 1 fully saturated rings. The Hall–Kier alpha value is -3.53. The fourth-order valence-electron chi connectivity index (χ4n) is 4.63. The third kappa shape index (κ3) is 4.12. The van der Waals surface area contributed by atoms with Crippen LogP contribution in [0.25, 0.3) is 28.0 Å². The minimum atomic E-state index is -4.53. The molecule has 1 unspecified atom stereocenters. The molecule has 1 atom stereocenters. The van der Waals surface area contributed by atoms with E-state index in [9.17, 15) is 27.1 Å². The van der Waals surface area contributed by atoms with E-state index in [1.165, 1.54) is 16.6 Å². The highest BCUT2D eigenvalue weighted by Gasteiger charge is 2.31. The van der Waals surface area contributed by atoms with Crippen molar-refractivity contribution in [2.45, 2.75) is 32.0 Å². The standard InChI is InChI=1S/C25H21F5N4O/c1-14-23(16-7-8-19(26)20(27)11-16)24-31-22(33-9-3-6-18(33)13-35)12-21(34(24)32-14)15-4-2-5-17(10-15)25(28,29)30/h2,4-5,7-8,10-12,18,35H,3,6,9,13H2,1H3. The highest BCUT2D eigenvalue weighted by molar-refractivity contribution is 5.83. The van der Waals surface area contributed by atoms with E-state index in [1.54, 1.807) is 19.1 Å². The van der Waals surface area contributed by atoms with E-state index in [0.29, 0.717) is 40.5 Å². The largest absolute Gasteiger partial charge is 0.416 e. The first-order valence-electron chi connectivity index (χ1n) is 11.1. The van der Waals surface area contributed by atoms with Crippen LogP contribution in [0.3, 0.4) is 0 Å². The van der Waals surface area contributed by atoms with Crippen molar-refractivity contribution in [3.05, 3.63) is 71.4 Å². The lowest BCUT2D eigenvalue weighted by atomic mass is 10.0. The van der Waals surface area contributed by atoms with Crippen molar-refractivity contribution in [2.75, 3.05) is 18.1 Å². The van der Waals surface area contributed by atoms with Crippen molar-refractivity contribution in [2.24, 2.45) is 0 Å². The van der Waals surface area contributed by atoms with Gasteiger partial charge in [-0.3, -0.25) is 0 Å². The minimum Gasteiger partial charge on any atom is -0.394 e. The van der Waals surface area contributed by atoms with E-state index in [2.05, 4.69) is 5.10 Å². The maximum atomic E-state index is 14.1. The maximum absolute atomic E-state index is 14.1. The van der Waals surface area contributed by atoms with Gasteiger partial charge in [0.1, 0.15) is 5.82 Å². The first-order valence-corrected chi connectivity index (χ1v) is 11.1. The van der Waals surface area contributed by atoms with Crippen LogP contribution in [0.2, 0.25) is 0 Å². The van der Waals surface area contributed by atoms with Crippen LogP contribution in [0, 0.1) is 18.6 Å². The van der Waals surface area contributed by atoms with Crippen LogP contribution in [-0.4, -0.2) is 38.9 Å². The van der Waals surface area contributed by atoms with Gasteiger partial charge in [-0.05, 0) is 49.6 Å². The minimum absolute atomic E-state index is 0.0972. The molecule has 0 spiro atoms. The molecule has 0 radical (unpaired) electrons. The second kappa shape index (κ2) is 8.60. The number of fused-ring (bicyclic) bond motifs is 1. The zero-order chi connectivity index (χ0) is 24.9. The summed E-state index contributed by atoms with van der Waals surface area (Å²) >= 11 is 0. The van der Waals surface area contributed by atoms with Crippen molar-refractivity contribution in [1.82, 2.24) is 14.6 Å². The topological polar surface area (TPSA) is 53.7 Å². The van der Waals surface area contributed by atoms with E-state index in [4.69, 9.17) is 4.98 Å². The van der Waals surface area contributed by atoms with Crippen molar-refractivity contribution in [1.29, 1.82) is 0 Å². The fraction of sp³-hybridized carbons (Fsp3) is 0.280. The van der Waals surface area contributed by atoms with Gasteiger partial charge in [-0.2, -0.15) is 18.3 Å². The first kappa shape index (κ1) is 23.2. The molecule has 0 aliphatic carbocycles. The molecule has 1 aliphatic rings. The molecule has 2 aromatic heterocycles. The van der Waals surface area contributed by atoms with Crippen molar-refractivity contribution in [3.8, 4) is 22.4 Å². The molecular weight excluding hydrogens is 467 g/mol. The Kier molecular flexibility index (Phi) is 5.71. The summed E-state index contributed by atoms with van der Waals surface area (Å²) in [5.74, 6) is -1.57. The number of anilines is 1. The Morgan fingerprint density at radius 2 is 1.83 bits per heavy atom. The van der Waals surface area contributed by atoms with Crippen LogP contribution in [0.15, 0.2) is 48.5 Å². The van der Waals surface area contributed by atoms with Gasteiger partial charge in [-0.1, -0.05) is 18.2 Å². The lowest BCUT2D eigenvalue weighted by Gasteiger charge is -2.25. The number of alkyl halides is 3. The molecular formula is C25H21F5N4O. The summed E-state index contributed by atoms with van der Waals surface area (Å²) in [4.78, 5) is 6.65. The van der Waals surface area contributed by atoms with Gasteiger partial charge in [-0.25, -0.2) is 18.3 Å². The van der Waals surface area contributed by atoms with Gasteiger partial charge in [0.05, 0.1) is 29.6 Å². The summed E-state index contributed by atoms with van der Waals surface area (Å²) < 4.78 is 69.4. The van der Waals surface area contributed by atoms with E-state index in [1.807, 2.05) is 4.90 Å². The van der Waals surface area contributed by atoms with E-state index in [-0.39, 0.29) is 18.2 Å². The number of halogens is 5. The summed E-state index contributed by atoms with van der Waals surface area (Å²) in [6, 6.07) is 9.84. The van der Waals surface area contributed by atoms with Gasteiger partial charge < -0.3 is 10.0 Å². The molecule has 5 rings (SSSR count). The van der Waals surface area contributed by atoms with Gasteiger partial charge in [0.15, 0.2) is 17.3 Å². The van der Waals surface area contributed by atoms with Crippen LogP contribution in [0.5, 0.6) is 0 Å². The monoisotopic (exact) mass is 488 g/mol. The molecule has 0 amide bonds. The summed E-state index contributed by atoms with van der Waals surface area (Å²) in [5.41, 5.74) is 1.36. The second-order valence-corrected chi connectivity index (χ2v) is 8.57. The van der Waals surface area contributed by atoms with Crippen LogP contribution < -0.4 is 4.90 Å². The Balaban J connectivity index is 1.79. The highest BCUT2D eigenvalue weighted by Crippen LogP contribution is 2.37. The number of rotatable bonds is 4. The van der Waals surface area contributed by atoms with Crippen LogP contribution >= 0.6 is 0 Å². The molecule has 1 saturated heterocycles. The molecule has 35 heavy (non-hydrogen) atoms. The molecule has 3 heterocycles. The van der Waals surface area contributed by atoms with E-state index in [0.717, 1.165) is 37.1 Å². The molecule has 182 valence electrons. The molecule has 1 N–H and O–H groups in total. The first-order chi connectivity index (χ1) is 16.7. The van der Waals surface area contributed by atoms with Crippen molar-refractivity contribution in [3.63, 3.8) is 0 Å². The normalized spacial score (nSPS) is 16.4. The molecule has 4 aromatic rings. The number of aromatic nitrogens is 3.